The maximum atomic E-state index is 6.32. The van der Waals surface area contributed by atoms with Gasteiger partial charge in [-0.25, -0.2) is 9.50 Å². The standard InChI is InChI=1S/C20H16ClN3O/c1-13-19(15-8-10-16(25-2)11-9-15)20-22-18(21)12-17(24(20)23-13)14-6-4-3-5-7-14/h3-12H,1-2H3. The fourth-order valence-corrected chi connectivity index (χ4v) is 3.19. The summed E-state index contributed by atoms with van der Waals surface area (Å²) in [6, 6.07) is 19.8. The highest BCUT2D eigenvalue weighted by molar-refractivity contribution is 6.29. The van der Waals surface area contributed by atoms with E-state index in [0.29, 0.717) is 5.15 Å². The predicted molar refractivity (Wildman–Crippen MR) is 100 cm³/mol. The van der Waals surface area contributed by atoms with Gasteiger partial charge in [0.05, 0.1) is 18.5 Å². The molecule has 0 aliphatic heterocycles. The summed E-state index contributed by atoms with van der Waals surface area (Å²) in [5, 5.41) is 5.16. The summed E-state index contributed by atoms with van der Waals surface area (Å²) >= 11 is 6.32. The molecule has 0 unspecified atom stereocenters. The third-order valence-corrected chi connectivity index (χ3v) is 4.37. The first-order chi connectivity index (χ1) is 12.2. The number of nitrogens with zero attached hydrogens (tertiary/aromatic N) is 3. The number of halogens is 1. The number of hydrogen-bond donors (Lipinski definition) is 0. The second kappa shape index (κ2) is 6.22. The molecule has 4 aromatic rings. The van der Waals surface area contributed by atoms with Gasteiger partial charge in [-0.15, -0.1) is 0 Å². The fourth-order valence-electron chi connectivity index (χ4n) is 3.00. The summed E-state index contributed by atoms with van der Waals surface area (Å²) in [5.41, 5.74) is 5.61. The van der Waals surface area contributed by atoms with Crippen molar-refractivity contribution in [3.05, 3.63) is 71.5 Å². The van der Waals surface area contributed by atoms with Crippen molar-refractivity contribution in [2.45, 2.75) is 6.92 Å². The van der Waals surface area contributed by atoms with E-state index in [1.807, 2.05) is 72.1 Å². The average molecular weight is 350 g/mol. The van der Waals surface area contributed by atoms with Crippen LogP contribution in [0.4, 0.5) is 0 Å². The van der Waals surface area contributed by atoms with Crippen molar-refractivity contribution < 1.29 is 4.74 Å². The molecule has 0 amide bonds. The van der Waals surface area contributed by atoms with Crippen molar-refractivity contribution in [3.63, 3.8) is 0 Å². The summed E-state index contributed by atoms with van der Waals surface area (Å²) in [7, 11) is 1.66. The number of hydrogen-bond acceptors (Lipinski definition) is 3. The average Bonchev–Trinajstić information content (AvgIpc) is 2.97. The van der Waals surface area contributed by atoms with Crippen LogP contribution in [0.1, 0.15) is 5.69 Å². The van der Waals surface area contributed by atoms with E-state index in [1.54, 1.807) is 7.11 Å². The van der Waals surface area contributed by atoms with Gasteiger partial charge in [0.2, 0.25) is 0 Å². The lowest BCUT2D eigenvalue weighted by Crippen LogP contribution is -1.97. The number of fused-ring (bicyclic) bond motifs is 1. The van der Waals surface area contributed by atoms with E-state index in [4.69, 9.17) is 21.4 Å². The van der Waals surface area contributed by atoms with Crippen LogP contribution in [0.2, 0.25) is 5.15 Å². The highest BCUT2D eigenvalue weighted by Crippen LogP contribution is 2.32. The van der Waals surface area contributed by atoms with Crippen molar-refractivity contribution in [1.82, 2.24) is 14.6 Å². The number of benzene rings is 2. The molecular formula is C20H16ClN3O. The van der Waals surface area contributed by atoms with Crippen LogP contribution in [-0.2, 0) is 0 Å². The van der Waals surface area contributed by atoms with Crippen LogP contribution in [0.25, 0.3) is 28.0 Å². The van der Waals surface area contributed by atoms with Gasteiger partial charge in [-0.2, -0.15) is 5.10 Å². The van der Waals surface area contributed by atoms with E-state index in [2.05, 4.69) is 4.98 Å². The van der Waals surface area contributed by atoms with Gasteiger partial charge in [0.1, 0.15) is 10.9 Å². The Morgan fingerprint density at radius 2 is 1.68 bits per heavy atom. The van der Waals surface area contributed by atoms with E-state index >= 15 is 0 Å². The van der Waals surface area contributed by atoms with Crippen molar-refractivity contribution in [2.75, 3.05) is 7.11 Å². The van der Waals surface area contributed by atoms with Gasteiger partial charge in [0.15, 0.2) is 5.65 Å². The van der Waals surface area contributed by atoms with Crippen LogP contribution in [0.15, 0.2) is 60.7 Å². The van der Waals surface area contributed by atoms with E-state index in [-0.39, 0.29) is 0 Å². The molecule has 2 aromatic carbocycles. The smallest absolute Gasteiger partial charge is 0.165 e. The number of aryl methyl sites for hydroxylation is 1. The van der Waals surface area contributed by atoms with E-state index in [0.717, 1.165) is 39.5 Å². The van der Waals surface area contributed by atoms with Gasteiger partial charge in [0, 0.05) is 17.2 Å². The second-order valence-corrected chi connectivity index (χ2v) is 6.14. The highest BCUT2D eigenvalue weighted by atomic mass is 35.5. The van der Waals surface area contributed by atoms with Gasteiger partial charge >= 0.3 is 0 Å². The molecule has 2 heterocycles. The Morgan fingerprint density at radius 1 is 0.960 bits per heavy atom. The zero-order valence-corrected chi connectivity index (χ0v) is 14.7. The minimum Gasteiger partial charge on any atom is -0.497 e. The van der Waals surface area contributed by atoms with Crippen LogP contribution in [0.5, 0.6) is 5.75 Å². The predicted octanol–water partition coefficient (Wildman–Crippen LogP) is 5.03. The molecule has 0 aliphatic carbocycles. The molecule has 124 valence electrons. The first-order valence-corrected chi connectivity index (χ1v) is 8.31. The van der Waals surface area contributed by atoms with Crippen LogP contribution in [0, 0.1) is 6.92 Å². The number of aromatic nitrogens is 3. The van der Waals surface area contributed by atoms with Crippen LogP contribution >= 0.6 is 11.6 Å². The van der Waals surface area contributed by atoms with E-state index in [9.17, 15) is 0 Å². The van der Waals surface area contributed by atoms with Crippen LogP contribution < -0.4 is 4.74 Å². The highest BCUT2D eigenvalue weighted by Gasteiger charge is 2.17. The lowest BCUT2D eigenvalue weighted by molar-refractivity contribution is 0.415. The topological polar surface area (TPSA) is 39.4 Å². The van der Waals surface area contributed by atoms with E-state index < -0.39 is 0 Å². The molecule has 4 rings (SSSR count). The Bertz CT molecular complexity index is 1040. The van der Waals surface area contributed by atoms with Crippen LogP contribution in [0.3, 0.4) is 0 Å². The Kier molecular flexibility index (Phi) is 3.90. The zero-order chi connectivity index (χ0) is 17.4. The normalized spacial score (nSPS) is 11.0. The van der Waals surface area contributed by atoms with Crippen molar-refractivity contribution in [2.24, 2.45) is 0 Å². The monoisotopic (exact) mass is 349 g/mol. The maximum absolute atomic E-state index is 6.32. The Balaban J connectivity index is 1.97. The van der Waals surface area contributed by atoms with Crippen molar-refractivity contribution >= 4 is 17.2 Å². The number of rotatable bonds is 3. The molecule has 0 aliphatic rings. The van der Waals surface area contributed by atoms with E-state index in [1.165, 1.54) is 0 Å². The van der Waals surface area contributed by atoms with Gasteiger partial charge in [-0.3, -0.25) is 0 Å². The molecule has 4 nitrogen and oxygen atoms in total. The molecule has 0 N–H and O–H groups in total. The molecule has 0 saturated heterocycles. The summed E-state index contributed by atoms with van der Waals surface area (Å²) < 4.78 is 7.10. The molecule has 2 aromatic heterocycles. The second-order valence-electron chi connectivity index (χ2n) is 5.75. The van der Waals surface area contributed by atoms with Gasteiger partial charge in [-0.05, 0) is 24.6 Å². The third-order valence-electron chi connectivity index (χ3n) is 4.18. The molecule has 0 saturated carbocycles. The Hall–Kier alpha value is -2.85. The molecule has 0 spiro atoms. The fraction of sp³-hybridized carbons (Fsp3) is 0.100. The maximum Gasteiger partial charge on any atom is 0.165 e. The zero-order valence-electron chi connectivity index (χ0n) is 13.9. The summed E-state index contributed by atoms with van der Waals surface area (Å²) in [5.74, 6) is 0.814. The van der Waals surface area contributed by atoms with Gasteiger partial charge in [0.25, 0.3) is 0 Å². The Labute approximate surface area is 150 Å². The molecule has 5 heteroatoms. The lowest BCUT2D eigenvalue weighted by atomic mass is 10.1. The van der Waals surface area contributed by atoms with Gasteiger partial charge < -0.3 is 4.74 Å². The minimum absolute atomic E-state index is 0.445. The largest absolute Gasteiger partial charge is 0.497 e. The first-order valence-electron chi connectivity index (χ1n) is 7.93. The SMILES string of the molecule is COc1ccc(-c2c(C)nn3c(-c4ccccc4)cc(Cl)nc23)cc1. The quantitative estimate of drug-likeness (QED) is 0.487. The van der Waals surface area contributed by atoms with Crippen molar-refractivity contribution in [1.29, 1.82) is 0 Å². The third kappa shape index (κ3) is 2.75. The molecule has 0 fully saturated rings. The summed E-state index contributed by atoms with van der Waals surface area (Å²) in [4.78, 5) is 4.54. The van der Waals surface area contributed by atoms with Crippen LogP contribution in [-0.4, -0.2) is 21.7 Å². The Morgan fingerprint density at radius 3 is 2.36 bits per heavy atom. The minimum atomic E-state index is 0.445. The molecule has 0 radical (unpaired) electrons. The summed E-state index contributed by atoms with van der Waals surface area (Å²) in [6.07, 6.45) is 0. The molecule has 25 heavy (non-hydrogen) atoms. The van der Waals surface area contributed by atoms with Gasteiger partial charge in [-0.1, -0.05) is 54.1 Å². The molecular weight excluding hydrogens is 334 g/mol. The number of methoxy groups -OCH3 is 1. The molecule has 0 atom stereocenters. The van der Waals surface area contributed by atoms with Crippen molar-refractivity contribution in [3.8, 4) is 28.1 Å². The lowest BCUT2D eigenvalue weighted by Gasteiger charge is -2.07. The first kappa shape index (κ1) is 15.7. The molecule has 0 bridgehead atoms. The number of ether oxygens (including phenoxy) is 1. The summed E-state index contributed by atoms with van der Waals surface area (Å²) in [6.45, 7) is 1.98.